The number of anilines is 3. The van der Waals surface area contributed by atoms with Crippen molar-refractivity contribution in [2.24, 2.45) is 7.05 Å². The molecular weight excluding hydrogens is 407 g/mol. The van der Waals surface area contributed by atoms with Crippen molar-refractivity contribution in [2.75, 3.05) is 17.7 Å². The molecule has 1 amide bonds. The normalized spacial score (nSPS) is 23.2. The number of aryl methyl sites for hydroxylation is 1. The third-order valence-electron chi connectivity index (χ3n) is 5.56. The second-order valence-electron chi connectivity index (χ2n) is 7.71. The maximum absolute atomic E-state index is 14.1. The average molecular weight is 428 g/mol. The zero-order valence-electron chi connectivity index (χ0n) is 16.9. The van der Waals surface area contributed by atoms with Crippen LogP contribution in [0.25, 0.3) is 11.2 Å². The fraction of sp³-hybridized carbons (Fsp3) is 0.421. The van der Waals surface area contributed by atoms with E-state index in [4.69, 9.17) is 4.74 Å². The van der Waals surface area contributed by atoms with Gasteiger partial charge >= 0.3 is 6.03 Å². The molecular formula is C19H21FN8O3. The van der Waals surface area contributed by atoms with Crippen molar-refractivity contribution in [1.29, 1.82) is 0 Å². The summed E-state index contributed by atoms with van der Waals surface area (Å²) >= 11 is 0. The molecule has 11 nitrogen and oxygen atoms in total. The second-order valence-corrected chi connectivity index (χ2v) is 7.71. The van der Waals surface area contributed by atoms with E-state index in [1.807, 2.05) is 0 Å². The molecule has 1 aliphatic heterocycles. The highest BCUT2D eigenvalue weighted by Crippen LogP contribution is 2.28. The summed E-state index contributed by atoms with van der Waals surface area (Å²) in [6.45, 7) is 0.157. The van der Waals surface area contributed by atoms with Gasteiger partial charge in [0, 0.05) is 33.1 Å². The van der Waals surface area contributed by atoms with Crippen LogP contribution in [0.1, 0.15) is 18.4 Å². The molecule has 2 aliphatic rings. The van der Waals surface area contributed by atoms with E-state index in [-0.39, 0.29) is 42.3 Å². The van der Waals surface area contributed by atoms with E-state index in [9.17, 15) is 14.0 Å². The van der Waals surface area contributed by atoms with Gasteiger partial charge in [0.15, 0.2) is 17.0 Å². The monoisotopic (exact) mass is 428 g/mol. The predicted octanol–water partition coefficient (Wildman–Crippen LogP) is 1.27. The van der Waals surface area contributed by atoms with Gasteiger partial charge in [-0.1, -0.05) is 0 Å². The molecule has 0 radical (unpaired) electrons. The highest BCUT2D eigenvalue weighted by molar-refractivity contribution is 5.92. The molecule has 3 N–H and O–H groups in total. The number of amides is 1. The highest BCUT2D eigenvalue weighted by atomic mass is 19.1. The Hall–Kier alpha value is -3.54. The SMILES string of the molecule is CNc1nc2nc3c1ncn3C(=O)N[C@@H]1C[C@@H](F)C[C@H]1OCc1cc(c(=O)n(C)c1)N2. The number of alkyl halides is 1. The molecule has 162 valence electrons. The van der Waals surface area contributed by atoms with Gasteiger partial charge in [0.25, 0.3) is 5.56 Å². The van der Waals surface area contributed by atoms with Crippen LogP contribution in [0.2, 0.25) is 0 Å². The van der Waals surface area contributed by atoms with E-state index >= 15 is 0 Å². The van der Waals surface area contributed by atoms with Crippen molar-refractivity contribution in [3.8, 4) is 0 Å². The minimum absolute atomic E-state index is 0.126. The highest BCUT2D eigenvalue weighted by Gasteiger charge is 2.37. The van der Waals surface area contributed by atoms with Crippen molar-refractivity contribution in [3.05, 3.63) is 34.5 Å². The molecule has 0 aromatic carbocycles. The van der Waals surface area contributed by atoms with Gasteiger partial charge in [-0.05, 0) is 11.6 Å². The smallest absolute Gasteiger partial charge is 0.328 e. The number of ether oxygens (including phenoxy) is 1. The van der Waals surface area contributed by atoms with Crippen molar-refractivity contribution in [2.45, 2.75) is 37.8 Å². The van der Waals surface area contributed by atoms with Gasteiger partial charge in [-0.3, -0.25) is 4.79 Å². The lowest BCUT2D eigenvalue weighted by Gasteiger charge is -2.22. The predicted molar refractivity (Wildman–Crippen MR) is 110 cm³/mol. The topological polar surface area (TPSA) is 128 Å². The van der Waals surface area contributed by atoms with Gasteiger partial charge in [0.1, 0.15) is 18.2 Å². The van der Waals surface area contributed by atoms with Crippen molar-refractivity contribution >= 4 is 34.6 Å². The van der Waals surface area contributed by atoms with Crippen LogP contribution in [0, 0.1) is 0 Å². The summed E-state index contributed by atoms with van der Waals surface area (Å²) in [6, 6.07) is 0.666. The molecule has 1 aliphatic carbocycles. The molecule has 12 heteroatoms. The average Bonchev–Trinajstić information content (AvgIpc) is 3.31. The number of aromatic nitrogens is 5. The Morgan fingerprint density at radius 1 is 1.29 bits per heavy atom. The number of carbonyl (C=O) groups excluding carboxylic acids is 1. The minimum atomic E-state index is -1.08. The first-order chi connectivity index (χ1) is 14.9. The Kier molecular flexibility index (Phi) is 4.58. The Morgan fingerprint density at radius 2 is 2.13 bits per heavy atom. The zero-order valence-corrected chi connectivity index (χ0v) is 16.9. The number of pyridine rings is 1. The van der Waals surface area contributed by atoms with E-state index in [1.165, 1.54) is 15.5 Å². The molecule has 4 heterocycles. The lowest BCUT2D eigenvalue weighted by Crippen LogP contribution is -2.43. The maximum atomic E-state index is 14.1. The van der Waals surface area contributed by atoms with Crippen molar-refractivity contribution < 1.29 is 13.9 Å². The molecule has 3 aromatic rings. The van der Waals surface area contributed by atoms with Crippen LogP contribution >= 0.6 is 0 Å². The summed E-state index contributed by atoms with van der Waals surface area (Å²) in [5.74, 6) is 0.520. The number of halogens is 1. The molecule has 4 bridgehead atoms. The standard InChI is InChI=1S/C19H21FN8O3/c1-21-15-14-16-26-18(25-15)23-12-3-9(6-27(2)17(12)29)7-31-13-5-10(20)4-11(13)24-19(30)28(16)8-22-14/h3,6,8,10-11,13H,4-5,7H2,1-2H3,(H,24,30)(H2,21,23,25,26)/t10-,11-,13-/m1/s1. The van der Waals surface area contributed by atoms with Crippen LogP contribution in [0.4, 0.5) is 26.6 Å². The molecule has 31 heavy (non-hydrogen) atoms. The first-order valence-corrected chi connectivity index (χ1v) is 9.89. The fourth-order valence-electron chi connectivity index (χ4n) is 4.06. The Morgan fingerprint density at radius 3 is 2.94 bits per heavy atom. The number of fused-ring (bicyclic) bond motifs is 4. The third-order valence-corrected chi connectivity index (χ3v) is 5.56. The molecule has 3 aromatic heterocycles. The summed E-state index contributed by atoms with van der Waals surface area (Å²) in [4.78, 5) is 38.6. The largest absolute Gasteiger partial charge is 0.371 e. The van der Waals surface area contributed by atoms with Crippen LogP contribution in [0.3, 0.4) is 0 Å². The number of imidazole rings is 1. The number of nitrogens with one attached hydrogen (secondary N) is 3. The zero-order chi connectivity index (χ0) is 21.7. The summed E-state index contributed by atoms with van der Waals surface area (Å²) in [6.07, 6.45) is 1.76. The van der Waals surface area contributed by atoms with Gasteiger partial charge in [-0.2, -0.15) is 9.97 Å². The molecule has 1 fully saturated rings. The Balaban J connectivity index is 1.68. The number of hydrogen-bond acceptors (Lipinski definition) is 8. The lowest BCUT2D eigenvalue weighted by molar-refractivity contribution is 0.0271. The fourth-order valence-corrected chi connectivity index (χ4v) is 4.06. The Bertz CT molecular complexity index is 1240. The quantitative estimate of drug-likeness (QED) is 0.529. The summed E-state index contributed by atoms with van der Waals surface area (Å²) in [5, 5.41) is 8.72. The van der Waals surface area contributed by atoms with Crippen LogP contribution in [0.5, 0.6) is 0 Å². The van der Waals surface area contributed by atoms with Gasteiger partial charge < -0.3 is 25.3 Å². The van der Waals surface area contributed by atoms with E-state index < -0.39 is 24.3 Å². The number of hydrogen-bond donors (Lipinski definition) is 3. The first-order valence-electron chi connectivity index (χ1n) is 9.89. The van der Waals surface area contributed by atoms with Gasteiger partial charge in [-0.15, -0.1) is 0 Å². The summed E-state index contributed by atoms with van der Waals surface area (Å²) < 4.78 is 22.8. The number of nitrogens with zero attached hydrogens (tertiary/aromatic N) is 5. The molecule has 0 unspecified atom stereocenters. The van der Waals surface area contributed by atoms with Crippen LogP contribution in [-0.2, 0) is 18.4 Å². The number of rotatable bonds is 1. The van der Waals surface area contributed by atoms with Crippen molar-refractivity contribution in [1.82, 2.24) is 29.4 Å². The maximum Gasteiger partial charge on any atom is 0.328 e. The molecule has 1 saturated carbocycles. The lowest BCUT2D eigenvalue weighted by atomic mass is 10.2. The van der Waals surface area contributed by atoms with Gasteiger partial charge in [-0.25, -0.2) is 18.7 Å². The summed E-state index contributed by atoms with van der Waals surface area (Å²) in [7, 11) is 3.30. The Labute approximate surface area is 175 Å². The number of carbonyl (C=O) groups is 1. The van der Waals surface area contributed by atoms with Gasteiger partial charge in [0.05, 0.1) is 18.8 Å². The molecule has 5 rings (SSSR count). The van der Waals surface area contributed by atoms with E-state index in [0.29, 0.717) is 16.9 Å². The van der Waals surface area contributed by atoms with E-state index in [0.717, 1.165) is 0 Å². The van der Waals surface area contributed by atoms with Crippen LogP contribution in [-0.4, -0.2) is 55.5 Å². The molecule has 0 saturated heterocycles. The van der Waals surface area contributed by atoms with Crippen molar-refractivity contribution in [3.63, 3.8) is 0 Å². The van der Waals surface area contributed by atoms with Crippen LogP contribution < -0.4 is 21.5 Å². The van der Waals surface area contributed by atoms with E-state index in [2.05, 4.69) is 30.9 Å². The van der Waals surface area contributed by atoms with Crippen LogP contribution in [0.15, 0.2) is 23.4 Å². The molecule has 3 atom stereocenters. The van der Waals surface area contributed by atoms with E-state index in [1.54, 1.807) is 26.4 Å². The second kappa shape index (κ2) is 7.30. The molecule has 0 spiro atoms. The first kappa shape index (κ1) is 19.4. The third kappa shape index (κ3) is 3.38. The van der Waals surface area contributed by atoms with Gasteiger partial charge in [0.2, 0.25) is 5.95 Å². The minimum Gasteiger partial charge on any atom is -0.371 e. The summed E-state index contributed by atoms with van der Waals surface area (Å²) in [5.41, 5.74) is 1.33.